The molecule has 0 spiro atoms. The summed E-state index contributed by atoms with van der Waals surface area (Å²) in [7, 11) is 0. The SMILES string of the molecule is CC/C=C\C/C=C\CCCCC(=O)OC(COC(=O)CCC/C=C\CCCCCC)COC(=O)CCCCCCCCC/C=C\CCCCCCCCCC. The molecule has 318 valence electrons. The van der Waals surface area contributed by atoms with Gasteiger partial charge < -0.3 is 14.2 Å². The van der Waals surface area contributed by atoms with Crippen molar-refractivity contribution in [1.82, 2.24) is 0 Å². The van der Waals surface area contributed by atoms with Crippen molar-refractivity contribution in [3.05, 3.63) is 48.6 Å². The summed E-state index contributed by atoms with van der Waals surface area (Å²) in [5.41, 5.74) is 0. The maximum atomic E-state index is 12.6. The van der Waals surface area contributed by atoms with Gasteiger partial charge in [-0.15, -0.1) is 0 Å². The Bertz CT molecular complexity index is 980. The van der Waals surface area contributed by atoms with E-state index >= 15 is 0 Å². The molecule has 0 aliphatic rings. The Balaban J connectivity index is 4.28. The van der Waals surface area contributed by atoms with E-state index in [1.54, 1.807) is 0 Å². The number of esters is 3. The summed E-state index contributed by atoms with van der Waals surface area (Å²) in [5, 5.41) is 0. The van der Waals surface area contributed by atoms with Crippen molar-refractivity contribution >= 4 is 17.9 Å². The van der Waals surface area contributed by atoms with E-state index in [0.717, 1.165) is 57.8 Å². The Morgan fingerprint density at radius 1 is 0.382 bits per heavy atom. The van der Waals surface area contributed by atoms with Crippen molar-refractivity contribution in [2.45, 2.75) is 232 Å². The van der Waals surface area contributed by atoms with Crippen molar-refractivity contribution in [3.8, 4) is 0 Å². The van der Waals surface area contributed by atoms with Gasteiger partial charge in [0.15, 0.2) is 6.10 Å². The number of hydrogen-bond acceptors (Lipinski definition) is 6. The fourth-order valence-corrected chi connectivity index (χ4v) is 6.30. The largest absolute Gasteiger partial charge is 0.462 e. The first kappa shape index (κ1) is 52.4. The third kappa shape index (κ3) is 42.4. The van der Waals surface area contributed by atoms with E-state index in [-0.39, 0.29) is 37.5 Å². The van der Waals surface area contributed by atoms with Crippen LogP contribution in [0, 0.1) is 0 Å². The zero-order valence-electron chi connectivity index (χ0n) is 36.2. The van der Waals surface area contributed by atoms with Gasteiger partial charge in [0.25, 0.3) is 0 Å². The summed E-state index contributed by atoms with van der Waals surface area (Å²) in [6, 6.07) is 0. The van der Waals surface area contributed by atoms with E-state index in [0.29, 0.717) is 25.7 Å². The second-order valence-corrected chi connectivity index (χ2v) is 15.3. The summed E-state index contributed by atoms with van der Waals surface area (Å²) in [6.07, 6.45) is 51.3. The van der Waals surface area contributed by atoms with E-state index in [4.69, 9.17) is 14.2 Å². The molecule has 0 heterocycles. The van der Waals surface area contributed by atoms with Gasteiger partial charge in [-0.1, -0.05) is 166 Å². The molecule has 6 heteroatoms. The molecule has 55 heavy (non-hydrogen) atoms. The molecule has 0 aliphatic heterocycles. The summed E-state index contributed by atoms with van der Waals surface area (Å²) >= 11 is 0. The first-order chi connectivity index (χ1) is 27.0. The van der Waals surface area contributed by atoms with Gasteiger partial charge in [-0.05, 0) is 89.9 Å². The monoisotopic (exact) mass is 771 g/mol. The number of hydrogen-bond donors (Lipinski definition) is 0. The van der Waals surface area contributed by atoms with Crippen molar-refractivity contribution in [1.29, 1.82) is 0 Å². The fourth-order valence-electron chi connectivity index (χ4n) is 6.30. The molecule has 0 radical (unpaired) electrons. The van der Waals surface area contributed by atoms with Gasteiger partial charge in [0.2, 0.25) is 0 Å². The lowest BCUT2D eigenvalue weighted by Crippen LogP contribution is -2.30. The Hall–Kier alpha value is -2.63. The molecule has 6 nitrogen and oxygen atoms in total. The van der Waals surface area contributed by atoms with Gasteiger partial charge >= 0.3 is 17.9 Å². The van der Waals surface area contributed by atoms with Gasteiger partial charge in [-0.2, -0.15) is 0 Å². The molecule has 0 rings (SSSR count). The molecule has 0 aliphatic carbocycles. The lowest BCUT2D eigenvalue weighted by atomic mass is 10.1. The van der Waals surface area contributed by atoms with E-state index in [2.05, 4.69) is 69.4 Å². The Labute approximate surface area is 339 Å². The predicted octanol–water partition coefficient (Wildman–Crippen LogP) is 14.8. The van der Waals surface area contributed by atoms with Crippen molar-refractivity contribution < 1.29 is 28.6 Å². The van der Waals surface area contributed by atoms with Crippen LogP contribution in [0.3, 0.4) is 0 Å². The Kier molecular flexibility index (Phi) is 42.0. The van der Waals surface area contributed by atoms with Gasteiger partial charge in [-0.3, -0.25) is 14.4 Å². The van der Waals surface area contributed by atoms with Crippen LogP contribution in [0.15, 0.2) is 48.6 Å². The molecule has 0 aromatic rings. The van der Waals surface area contributed by atoms with Crippen LogP contribution in [0.25, 0.3) is 0 Å². The van der Waals surface area contributed by atoms with E-state index in [1.807, 2.05) is 0 Å². The van der Waals surface area contributed by atoms with Crippen LogP contribution in [-0.4, -0.2) is 37.2 Å². The first-order valence-electron chi connectivity index (χ1n) is 23.1. The highest BCUT2D eigenvalue weighted by Gasteiger charge is 2.19. The van der Waals surface area contributed by atoms with Gasteiger partial charge in [0.05, 0.1) is 0 Å². The van der Waals surface area contributed by atoms with Crippen molar-refractivity contribution in [2.75, 3.05) is 13.2 Å². The molecule has 0 saturated carbocycles. The second-order valence-electron chi connectivity index (χ2n) is 15.3. The molecule has 1 unspecified atom stereocenters. The molecule has 0 N–H and O–H groups in total. The minimum absolute atomic E-state index is 0.0970. The quantitative estimate of drug-likeness (QED) is 0.0267. The van der Waals surface area contributed by atoms with Crippen LogP contribution in [-0.2, 0) is 28.6 Å². The molecule has 0 saturated heterocycles. The topological polar surface area (TPSA) is 78.9 Å². The average molecular weight is 771 g/mol. The highest BCUT2D eigenvalue weighted by atomic mass is 16.6. The highest BCUT2D eigenvalue weighted by molar-refractivity contribution is 5.71. The predicted molar refractivity (Wildman–Crippen MR) is 233 cm³/mol. The summed E-state index contributed by atoms with van der Waals surface area (Å²) < 4.78 is 16.6. The number of carbonyl (C=O) groups is 3. The first-order valence-corrected chi connectivity index (χ1v) is 23.1. The lowest BCUT2D eigenvalue weighted by Gasteiger charge is -2.18. The average Bonchev–Trinajstić information content (AvgIpc) is 3.18. The maximum Gasteiger partial charge on any atom is 0.306 e. The van der Waals surface area contributed by atoms with Crippen LogP contribution in [0.1, 0.15) is 226 Å². The van der Waals surface area contributed by atoms with E-state index in [9.17, 15) is 14.4 Å². The molecule has 1 atom stereocenters. The summed E-state index contributed by atoms with van der Waals surface area (Å²) in [4.78, 5) is 37.6. The zero-order valence-corrected chi connectivity index (χ0v) is 36.2. The fraction of sp³-hybridized carbons (Fsp3) is 0.776. The van der Waals surface area contributed by atoms with Gasteiger partial charge in [-0.25, -0.2) is 0 Å². The molecule has 0 amide bonds. The number of ether oxygens (including phenoxy) is 3. The molecule has 0 bridgehead atoms. The number of unbranched alkanes of at least 4 members (excludes halogenated alkanes) is 22. The molecular formula is C49H86O6. The number of carbonyl (C=O) groups excluding carboxylic acids is 3. The lowest BCUT2D eigenvalue weighted by molar-refractivity contribution is -0.167. The highest BCUT2D eigenvalue weighted by Crippen LogP contribution is 2.13. The Morgan fingerprint density at radius 2 is 0.727 bits per heavy atom. The molecule has 0 aromatic carbocycles. The van der Waals surface area contributed by atoms with Crippen LogP contribution < -0.4 is 0 Å². The van der Waals surface area contributed by atoms with Gasteiger partial charge in [0, 0.05) is 19.3 Å². The van der Waals surface area contributed by atoms with Crippen LogP contribution >= 0.6 is 0 Å². The maximum absolute atomic E-state index is 12.6. The van der Waals surface area contributed by atoms with Crippen molar-refractivity contribution in [3.63, 3.8) is 0 Å². The van der Waals surface area contributed by atoms with Crippen LogP contribution in [0.2, 0.25) is 0 Å². The standard InChI is InChI=1S/C49H86O6/c1-4-7-10-13-16-19-20-21-22-23-24-25-26-27-28-31-33-36-39-42-48(51)54-45-46(55-49(52)43-40-37-34-30-18-15-12-9-6-3)44-53-47(50)41-38-35-32-29-17-14-11-8-5-2/h9,12,18,23-24,29-30,32,46H,4-8,10-11,13-17,19-22,25-28,31,33-45H2,1-3H3/b12-9-,24-23-,30-18-,32-29-. The summed E-state index contributed by atoms with van der Waals surface area (Å²) in [6.45, 7) is 6.41. The van der Waals surface area contributed by atoms with E-state index in [1.165, 1.54) is 116 Å². The van der Waals surface area contributed by atoms with Crippen LogP contribution in [0.5, 0.6) is 0 Å². The van der Waals surface area contributed by atoms with Gasteiger partial charge in [0.1, 0.15) is 13.2 Å². The second kappa shape index (κ2) is 44.1. The number of allylic oxidation sites excluding steroid dienone is 8. The molecule has 0 aromatic heterocycles. The Morgan fingerprint density at radius 3 is 1.24 bits per heavy atom. The molecular weight excluding hydrogens is 685 g/mol. The van der Waals surface area contributed by atoms with Crippen molar-refractivity contribution in [2.24, 2.45) is 0 Å². The van der Waals surface area contributed by atoms with E-state index < -0.39 is 6.10 Å². The zero-order chi connectivity index (χ0) is 40.1. The third-order valence-electron chi connectivity index (χ3n) is 9.79. The minimum Gasteiger partial charge on any atom is -0.462 e. The third-order valence-corrected chi connectivity index (χ3v) is 9.79. The smallest absolute Gasteiger partial charge is 0.306 e. The minimum atomic E-state index is -0.798. The normalized spacial score (nSPS) is 12.4. The number of rotatable bonds is 41. The molecule has 0 fully saturated rings. The summed E-state index contributed by atoms with van der Waals surface area (Å²) in [5.74, 6) is -0.978. The van der Waals surface area contributed by atoms with Crippen LogP contribution in [0.4, 0.5) is 0 Å².